The van der Waals surface area contributed by atoms with E-state index >= 15 is 0 Å². The maximum absolute atomic E-state index is 6.55. The van der Waals surface area contributed by atoms with Gasteiger partial charge in [0.05, 0.1) is 6.61 Å². The zero-order valence-corrected chi connectivity index (χ0v) is 21.5. The van der Waals surface area contributed by atoms with Crippen LogP contribution in [-0.2, 0) is 15.6 Å². The fraction of sp³-hybridized carbons (Fsp3) is 0.812. The van der Waals surface area contributed by atoms with Crippen molar-refractivity contribution in [3.05, 3.63) is 29.3 Å². The molecular formula is C32H44O2. The molecular weight excluding hydrogens is 416 g/mol. The maximum Gasteiger partial charge on any atom is 0.128 e. The van der Waals surface area contributed by atoms with E-state index < -0.39 is 0 Å². The molecule has 1 aliphatic heterocycles. The first kappa shape index (κ1) is 21.1. The molecule has 2 heteroatoms. The predicted octanol–water partition coefficient (Wildman–Crippen LogP) is 7.43. The van der Waals surface area contributed by atoms with Crippen molar-refractivity contribution in [1.82, 2.24) is 0 Å². The van der Waals surface area contributed by atoms with Gasteiger partial charge in [0.15, 0.2) is 0 Å². The fourth-order valence-electron chi connectivity index (χ4n) is 11.3. The lowest BCUT2D eigenvalue weighted by Crippen LogP contribution is -2.52. The molecule has 9 aliphatic rings. The summed E-state index contributed by atoms with van der Waals surface area (Å²) >= 11 is 0. The van der Waals surface area contributed by atoms with Crippen LogP contribution < -0.4 is 4.74 Å². The average Bonchev–Trinajstić information content (AvgIpc) is 3.57. The summed E-state index contributed by atoms with van der Waals surface area (Å²) in [4.78, 5) is 0. The van der Waals surface area contributed by atoms with E-state index in [-0.39, 0.29) is 5.60 Å². The highest BCUT2D eigenvalue weighted by Gasteiger charge is 2.57. The summed E-state index contributed by atoms with van der Waals surface area (Å²) in [7, 11) is 0. The van der Waals surface area contributed by atoms with E-state index in [4.69, 9.17) is 9.47 Å². The van der Waals surface area contributed by atoms with Gasteiger partial charge in [-0.2, -0.15) is 0 Å². The van der Waals surface area contributed by atoms with Crippen molar-refractivity contribution >= 4 is 0 Å². The number of rotatable bonds is 6. The van der Waals surface area contributed by atoms with Gasteiger partial charge in [0.2, 0.25) is 0 Å². The molecule has 34 heavy (non-hydrogen) atoms. The van der Waals surface area contributed by atoms with Crippen molar-refractivity contribution in [3.8, 4) is 5.75 Å². The van der Waals surface area contributed by atoms with Gasteiger partial charge in [-0.25, -0.2) is 0 Å². The molecule has 8 aliphatic carbocycles. The average molecular weight is 461 g/mol. The number of benzene rings is 1. The zero-order valence-electron chi connectivity index (χ0n) is 21.5. The maximum atomic E-state index is 6.55. The first-order valence-electron chi connectivity index (χ1n) is 14.8. The van der Waals surface area contributed by atoms with Crippen molar-refractivity contribution in [3.63, 3.8) is 0 Å². The lowest BCUT2D eigenvalue weighted by molar-refractivity contribution is -0.0175. The molecule has 8 saturated carbocycles. The molecule has 1 saturated heterocycles. The van der Waals surface area contributed by atoms with Crippen molar-refractivity contribution in [2.45, 2.75) is 107 Å². The van der Waals surface area contributed by atoms with Crippen molar-refractivity contribution < 1.29 is 9.47 Å². The van der Waals surface area contributed by atoms with Crippen LogP contribution in [0.2, 0.25) is 0 Å². The van der Waals surface area contributed by atoms with E-state index in [1.165, 1.54) is 77.0 Å². The van der Waals surface area contributed by atoms with Crippen LogP contribution in [0.1, 0.15) is 102 Å². The Morgan fingerprint density at radius 2 is 1.18 bits per heavy atom. The van der Waals surface area contributed by atoms with E-state index in [2.05, 4.69) is 32.0 Å². The molecule has 1 aromatic rings. The molecule has 0 aromatic heterocycles. The Hall–Kier alpha value is -1.02. The summed E-state index contributed by atoms with van der Waals surface area (Å²) < 4.78 is 12.4. The Morgan fingerprint density at radius 3 is 1.59 bits per heavy atom. The smallest absolute Gasteiger partial charge is 0.128 e. The van der Waals surface area contributed by atoms with Crippen LogP contribution in [0.25, 0.3) is 0 Å². The van der Waals surface area contributed by atoms with Crippen LogP contribution in [-0.4, -0.2) is 18.8 Å². The van der Waals surface area contributed by atoms with Crippen LogP contribution >= 0.6 is 0 Å². The first-order valence-corrected chi connectivity index (χ1v) is 14.8. The minimum absolute atomic E-state index is 0.0422. The Balaban J connectivity index is 1.20. The molecule has 0 amide bonds. The van der Waals surface area contributed by atoms with E-state index in [9.17, 15) is 0 Å². The molecule has 0 spiro atoms. The number of hydrogen-bond donors (Lipinski definition) is 0. The minimum Gasteiger partial charge on any atom is -0.490 e. The molecule has 2 nitrogen and oxygen atoms in total. The SMILES string of the molecule is CC(C)C1(COc2ccc(C34CC5CC(CC(C5)C3)C4)c(C34CC5CC(CC(C5)C3)C4)c2)CO1. The van der Waals surface area contributed by atoms with E-state index in [0.29, 0.717) is 23.4 Å². The second-order valence-electron chi connectivity index (χ2n) is 14.9. The molecule has 10 rings (SSSR count). The number of hydrogen-bond acceptors (Lipinski definition) is 2. The highest BCUT2D eigenvalue weighted by atomic mass is 16.6. The van der Waals surface area contributed by atoms with Crippen LogP contribution in [0.3, 0.4) is 0 Å². The van der Waals surface area contributed by atoms with E-state index in [1.54, 1.807) is 11.1 Å². The van der Waals surface area contributed by atoms with Gasteiger partial charge in [-0.1, -0.05) is 19.9 Å². The molecule has 9 fully saturated rings. The Bertz CT molecular complexity index is 914. The lowest BCUT2D eigenvalue weighted by atomic mass is 9.44. The number of ether oxygens (including phenoxy) is 2. The molecule has 0 radical (unpaired) electrons. The van der Waals surface area contributed by atoms with Crippen molar-refractivity contribution in [1.29, 1.82) is 0 Å². The molecule has 1 unspecified atom stereocenters. The van der Waals surface area contributed by atoms with Gasteiger partial charge in [0.1, 0.15) is 18.0 Å². The minimum atomic E-state index is -0.0422. The summed E-state index contributed by atoms with van der Waals surface area (Å²) in [6.07, 6.45) is 18.0. The largest absolute Gasteiger partial charge is 0.490 e. The molecule has 1 heterocycles. The normalized spacial score (nSPS) is 49.7. The third kappa shape index (κ3) is 3.09. The van der Waals surface area contributed by atoms with Crippen molar-refractivity contribution in [2.24, 2.45) is 41.4 Å². The van der Waals surface area contributed by atoms with Crippen LogP contribution in [0, 0.1) is 41.4 Å². The Kier molecular flexibility index (Phi) is 4.38. The molecule has 0 N–H and O–H groups in total. The van der Waals surface area contributed by atoms with E-state index in [0.717, 1.165) is 47.9 Å². The summed E-state index contributed by atoms with van der Waals surface area (Å²) in [5.74, 6) is 7.62. The summed E-state index contributed by atoms with van der Waals surface area (Å²) in [6, 6.07) is 7.53. The predicted molar refractivity (Wildman–Crippen MR) is 135 cm³/mol. The summed E-state index contributed by atoms with van der Waals surface area (Å²) in [5, 5.41) is 0. The number of epoxide rings is 1. The second-order valence-corrected chi connectivity index (χ2v) is 14.9. The zero-order chi connectivity index (χ0) is 22.7. The van der Waals surface area contributed by atoms with Gasteiger partial charge in [-0.3, -0.25) is 0 Å². The highest BCUT2D eigenvalue weighted by Crippen LogP contribution is 2.65. The van der Waals surface area contributed by atoms with Gasteiger partial charge in [-0.05, 0) is 153 Å². The standard InChI is InChI=1S/C32H44O2/c1-20(2)32(19-34-32)18-33-27-3-4-28(30-12-21-5-22(13-30)7-23(6-21)14-30)29(11-27)31-15-24-8-25(16-31)10-26(9-24)17-31/h3-4,11,20-26H,5-10,12-19H2,1-2H3. The fourth-order valence-corrected chi connectivity index (χ4v) is 11.3. The first-order chi connectivity index (χ1) is 16.4. The van der Waals surface area contributed by atoms with E-state index in [1.807, 2.05) is 0 Å². The molecule has 184 valence electrons. The van der Waals surface area contributed by atoms with Crippen LogP contribution in [0.15, 0.2) is 18.2 Å². The third-order valence-electron chi connectivity index (χ3n) is 12.3. The lowest BCUT2D eigenvalue weighted by Gasteiger charge is -2.61. The van der Waals surface area contributed by atoms with Gasteiger partial charge in [0, 0.05) is 0 Å². The molecule has 1 atom stereocenters. The van der Waals surface area contributed by atoms with Crippen LogP contribution in [0.5, 0.6) is 5.75 Å². The van der Waals surface area contributed by atoms with Gasteiger partial charge < -0.3 is 9.47 Å². The quantitative estimate of drug-likeness (QED) is 0.412. The van der Waals surface area contributed by atoms with Crippen molar-refractivity contribution in [2.75, 3.05) is 13.2 Å². The molecule has 1 aromatic carbocycles. The Morgan fingerprint density at radius 1 is 0.735 bits per heavy atom. The topological polar surface area (TPSA) is 21.8 Å². The second kappa shape index (κ2) is 7.05. The highest BCUT2D eigenvalue weighted by molar-refractivity contribution is 5.47. The van der Waals surface area contributed by atoms with Gasteiger partial charge >= 0.3 is 0 Å². The monoisotopic (exact) mass is 460 g/mol. The van der Waals surface area contributed by atoms with Gasteiger partial charge in [0.25, 0.3) is 0 Å². The summed E-state index contributed by atoms with van der Waals surface area (Å²) in [5.41, 5.74) is 4.44. The van der Waals surface area contributed by atoms with Crippen LogP contribution in [0.4, 0.5) is 0 Å². The molecule has 8 bridgehead atoms. The summed E-state index contributed by atoms with van der Waals surface area (Å²) in [6.45, 7) is 6.11. The Labute approximate surface area is 206 Å². The van der Waals surface area contributed by atoms with Gasteiger partial charge in [-0.15, -0.1) is 0 Å². The third-order valence-corrected chi connectivity index (χ3v) is 12.3.